The molecule has 24 rings (SSSR count). The fraction of sp³-hybridized carbons (Fsp3) is 0.0833. The van der Waals surface area contributed by atoms with E-state index in [1.54, 1.807) is 0 Å². The van der Waals surface area contributed by atoms with E-state index in [4.69, 9.17) is 39.4 Å². The summed E-state index contributed by atoms with van der Waals surface area (Å²) >= 11 is 0. The van der Waals surface area contributed by atoms with Gasteiger partial charge in [-0.25, -0.2) is 29.9 Å². The molecule has 0 atom stereocenters. The Morgan fingerprint density at radius 1 is 0.246 bits per heavy atom. The molecular formula is C120H89N9O. The molecule has 5 aromatic heterocycles. The Bertz CT molecular complexity index is 8010. The summed E-state index contributed by atoms with van der Waals surface area (Å²) in [7, 11) is 0. The van der Waals surface area contributed by atoms with Gasteiger partial charge in [0.15, 0.2) is 29.1 Å². The maximum atomic E-state index is 6.36. The van der Waals surface area contributed by atoms with Crippen LogP contribution in [0.3, 0.4) is 0 Å². The average molecular weight is 1670 g/mol. The van der Waals surface area contributed by atoms with Crippen molar-refractivity contribution in [3.63, 3.8) is 0 Å². The molecule has 620 valence electrons. The highest BCUT2D eigenvalue weighted by Gasteiger charge is 2.42. The molecule has 10 nitrogen and oxygen atoms in total. The number of fused-ring (bicyclic) bond motifs is 14. The van der Waals surface area contributed by atoms with Crippen molar-refractivity contribution in [3.05, 3.63) is 440 Å². The molecule has 10 heteroatoms. The second-order valence-corrected chi connectivity index (χ2v) is 35.7. The van der Waals surface area contributed by atoms with E-state index < -0.39 is 0 Å². The van der Waals surface area contributed by atoms with Crippen LogP contribution in [0, 0.1) is 0 Å². The Hall–Kier alpha value is -16.3. The molecule has 0 aliphatic heterocycles. The fourth-order valence-electron chi connectivity index (χ4n) is 19.2. The zero-order chi connectivity index (χ0) is 87.8. The number of nitrogens with zero attached hydrogens (tertiary/aromatic N) is 9. The molecule has 0 amide bonds. The monoisotopic (exact) mass is 1670 g/mol. The minimum Gasteiger partial charge on any atom is -0.456 e. The third kappa shape index (κ3) is 14.5. The highest BCUT2D eigenvalue weighted by atomic mass is 16.3. The third-order valence-electron chi connectivity index (χ3n) is 26.0. The van der Waals surface area contributed by atoms with E-state index >= 15 is 0 Å². The number of rotatable bonds is 12. The molecule has 2 aliphatic rings. The smallest absolute Gasteiger partial charge is 0.182 e. The van der Waals surface area contributed by atoms with E-state index in [9.17, 15) is 0 Å². The van der Waals surface area contributed by atoms with Crippen molar-refractivity contribution in [2.45, 2.75) is 64.7 Å². The average Bonchev–Trinajstić information content (AvgIpc) is 1.54. The van der Waals surface area contributed by atoms with Gasteiger partial charge >= 0.3 is 0 Å². The minimum absolute atomic E-state index is 0.0289. The zero-order valence-electron chi connectivity index (χ0n) is 73.2. The second kappa shape index (κ2) is 32.6. The first-order valence-electron chi connectivity index (χ1n) is 44.4. The van der Waals surface area contributed by atoms with E-state index in [0.717, 1.165) is 128 Å². The highest BCUT2D eigenvalue weighted by molar-refractivity contribution is 6.27. The number of para-hydroxylation sites is 3. The Morgan fingerprint density at radius 3 is 1.28 bits per heavy atom. The third-order valence-corrected chi connectivity index (χ3v) is 26.0. The topological polar surface area (TPSA) is 121 Å². The predicted octanol–water partition coefficient (Wildman–Crippen LogP) is 30.6. The summed E-state index contributed by atoms with van der Waals surface area (Å²) in [4.78, 5) is 29.8. The number of aromatic nitrogens is 9. The number of hydrogen-bond donors (Lipinski definition) is 0. The SMILES string of the molecule is CC(C)(C)c1ccc(-c2cccc(-c3ccc(-c4nc(-c5ccccc5)c5ccccc5n4)cc3)c2)cc1.CC1(C)c2ccccc2-c2cc3c(cc21)-c1ccc(-c2nc(-c4ccccc4)nnc2-c2ccccc2)cc1C3(C)C.c1ccc(-c2nc(-c3ccccc3)nc(-c3ccc(-c4cccc5c4c4ccc6oc7ccccc7c6c4n5-c4ccccc4)cc3)n2)cc1. The maximum Gasteiger partial charge on any atom is 0.182 e. The van der Waals surface area contributed by atoms with Gasteiger partial charge in [-0.1, -0.05) is 394 Å². The van der Waals surface area contributed by atoms with Crippen molar-refractivity contribution in [3.8, 4) is 152 Å². The summed E-state index contributed by atoms with van der Waals surface area (Å²) < 4.78 is 8.74. The molecule has 0 saturated carbocycles. The quantitative estimate of drug-likeness (QED) is 0.118. The van der Waals surface area contributed by atoms with Gasteiger partial charge < -0.3 is 8.98 Å². The van der Waals surface area contributed by atoms with Gasteiger partial charge in [0.2, 0.25) is 0 Å². The molecule has 0 unspecified atom stereocenters. The minimum atomic E-state index is -0.160. The molecule has 2 aliphatic carbocycles. The summed E-state index contributed by atoms with van der Waals surface area (Å²) in [5, 5.41) is 15.0. The van der Waals surface area contributed by atoms with Crippen LogP contribution in [-0.4, -0.2) is 44.7 Å². The Morgan fingerprint density at radius 2 is 0.677 bits per heavy atom. The molecule has 0 saturated heterocycles. The van der Waals surface area contributed by atoms with Crippen LogP contribution in [0.15, 0.2) is 417 Å². The highest BCUT2D eigenvalue weighted by Crippen LogP contribution is 2.57. The molecule has 0 radical (unpaired) electrons. The van der Waals surface area contributed by atoms with Gasteiger partial charge in [-0.2, -0.15) is 0 Å². The van der Waals surface area contributed by atoms with E-state index in [1.165, 1.54) is 83.1 Å². The molecule has 0 spiro atoms. The lowest BCUT2D eigenvalue weighted by Crippen LogP contribution is -2.17. The van der Waals surface area contributed by atoms with Gasteiger partial charge in [-0.05, 0) is 156 Å². The maximum absolute atomic E-state index is 6.36. The molecule has 17 aromatic carbocycles. The van der Waals surface area contributed by atoms with E-state index in [-0.39, 0.29) is 16.2 Å². The first-order valence-corrected chi connectivity index (χ1v) is 44.4. The predicted molar refractivity (Wildman–Crippen MR) is 534 cm³/mol. The molecule has 5 heterocycles. The standard InChI is InChI=1S/C45H28N4O.C39H31N3.C36H30N2/c1-4-13-30(14-5-1)43-46-44(31-15-6-2-7-16-31)48-45(47-43)32-25-23-29(24-26-32)34-20-12-21-37-40(34)36-27-28-39-41(35-19-10-11-22-38(35)50-39)42(36)49(37)33-17-8-3-9-18-33;1-38(2)31-18-12-11-17-27(31)29-22-34-30(23-33(29)38)28-20-19-26(21-32(28)39(34,3)4)35-36(24-13-7-5-8-14-24)41-42-37(40-35)25-15-9-6-10-16-25;1-36(2,3)31-22-20-26(21-23-31)30-13-9-12-29(24-30)25-16-18-28(19-17-25)35-37-33-15-8-7-14-32(33)34(38-35)27-10-5-4-6-11-27/h1-28H;5-23H,1-4H3;4-24H,1-3H3. The van der Waals surface area contributed by atoms with Crippen molar-refractivity contribution >= 4 is 54.6 Å². The van der Waals surface area contributed by atoms with Crippen molar-refractivity contribution in [2.24, 2.45) is 0 Å². The van der Waals surface area contributed by atoms with Crippen molar-refractivity contribution in [1.29, 1.82) is 0 Å². The molecule has 0 fully saturated rings. The van der Waals surface area contributed by atoms with Crippen LogP contribution in [0.5, 0.6) is 0 Å². The van der Waals surface area contributed by atoms with Crippen LogP contribution < -0.4 is 0 Å². The van der Waals surface area contributed by atoms with E-state index in [2.05, 4.69) is 319 Å². The zero-order valence-corrected chi connectivity index (χ0v) is 73.2. The Labute approximate surface area is 755 Å². The van der Waals surface area contributed by atoms with Gasteiger partial charge in [0.25, 0.3) is 0 Å². The summed E-state index contributed by atoms with van der Waals surface area (Å²) in [6.07, 6.45) is 0. The number of furan rings is 1. The molecule has 0 bridgehead atoms. The summed E-state index contributed by atoms with van der Waals surface area (Å²) in [5.41, 5.74) is 36.0. The molecular weight excluding hydrogens is 1580 g/mol. The van der Waals surface area contributed by atoms with Gasteiger partial charge in [-0.3, -0.25) is 0 Å². The van der Waals surface area contributed by atoms with Crippen molar-refractivity contribution in [1.82, 2.24) is 44.7 Å². The molecule has 130 heavy (non-hydrogen) atoms. The number of hydrogen-bond acceptors (Lipinski definition) is 9. The van der Waals surface area contributed by atoms with Crippen LogP contribution in [0.25, 0.3) is 207 Å². The Balaban J connectivity index is 0.000000116. The van der Waals surface area contributed by atoms with Crippen LogP contribution in [0.1, 0.15) is 76.3 Å². The summed E-state index contributed by atoms with van der Waals surface area (Å²) in [6, 6.07) is 144. The first-order chi connectivity index (χ1) is 63.6. The van der Waals surface area contributed by atoms with Gasteiger partial charge in [0, 0.05) is 82.6 Å². The van der Waals surface area contributed by atoms with Crippen LogP contribution >= 0.6 is 0 Å². The van der Waals surface area contributed by atoms with Crippen LogP contribution in [0.4, 0.5) is 0 Å². The van der Waals surface area contributed by atoms with Crippen molar-refractivity contribution in [2.75, 3.05) is 0 Å². The lowest BCUT2D eigenvalue weighted by atomic mass is 9.79. The largest absolute Gasteiger partial charge is 0.456 e. The normalized spacial score (nSPS) is 12.7. The van der Waals surface area contributed by atoms with Crippen LogP contribution in [-0.2, 0) is 16.2 Å². The van der Waals surface area contributed by atoms with Gasteiger partial charge in [-0.15, -0.1) is 10.2 Å². The van der Waals surface area contributed by atoms with E-state index in [0.29, 0.717) is 23.3 Å². The van der Waals surface area contributed by atoms with Gasteiger partial charge in [0.1, 0.15) is 22.6 Å². The molecule has 22 aromatic rings. The lowest BCUT2D eigenvalue weighted by molar-refractivity contribution is 0.590. The van der Waals surface area contributed by atoms with E-state index in [1.807, 2.05) is 152 Å². The first kappa shape index (κ1) is 79.6. The fourth-order valence-corrected chi connectivity index (χ4v) is 19.2. The summed E-state index contributed by atoms with van der Waals surface area (Å²) in [6.45, 7) is 16.2. The summed E-state index contributed by atoms with van der Waals surface area (Å²) in [5.74, 6) is 3.30. The Kier molecular flexibility index (Phi) is 20.0. The second-order valence-electron chi connectivity index (χ2n) is 35.7. The van der Waals surface area contributed by atoms with Crippen molar-refractivity contribution < 1.29 is 4.42 Å². The van der Waals surface area contributed by atoms with Gasteiger partial charge in [0.05, 0.1) is 27.6 Å². The molecule has 0 N–H and O–H groups in total. The lowest BCUT2D eigenvalue weighted by Gasteiger charge is -2.24. The number of benzene rings is 17. The van der Waals surface area contributed by atoms with Crippen LogP contribution in [0.2, 0.25) is 0 Å².